The van der Waals surface area contributed by atoms with E-state index in [-0.39, 0.29) is 25.0 Å². The van der Waals surface area contributed by atoms with Gasteiger partial charge in [0.1, 0.15) is 19.0 Å². The summed E-state index contributed by atoms with van der Waals surface area (Å²) in [6, 6.07) is 16.0. The van der Waals surface area contributed by atoms with Gasteiger partial charge >= 0.3 is 6.09 Å². The molecular weight excluding hydrogens is 532 g/mol. The largest absolute Gasteiger partial charge is 0.453 e. The Hall–Kier alpha value is -4.03. The van der Waals surface area contributed by atoms with E-state index >= 15 is 0 Å². The number of aryl methyl sites for hydroxylation is 1. The summed E-state index contributed by atoms with van der Waals surface area (Å²) in [5.41, 5.74) is 4.90. The van der Waals surface area contributed by atoms with Gasteiger partial charge < -0.3 is 4.74 Å². The molecule has 2 aromatic carbocycles. The normalized spacial score (nSPS) is 18.5. The summed E-state index contributed by atoms with van der Waals surface area (Å²) in [7, 11) is -0.158. The molecule has 0 aliphatic carbocycles. The zero-order valence-corrected chi connectivity index (χ0v) is 23.5. The molecule has 1 fully saturated rings. The molecule has 3 aromatic rings. The van der Waals surface area contributed by atoms with Gasteiger partial charge in [0.05, 0.1) is 19.6 Å². The molecule has 1 atom stereocenters. The lowest BCUT2D eigenvalue weighted by molar-refractivity contribution is -0.128. The van der Waals surface area contributed by atoms with Crippen molar-refractivity contribution in [2.45, 2.75) is 6.42 Å². The minimum Gasteiger partial charge on any atom is -0.453 e. The first-order chi connectivity index (χ1) is 19.1. The lowest BCUT2D eigenvalue weighted by atomic mass is 10.0. The number of aliphatic imine (C=N–C) groups is 1. The van der Waals surface area contributed by atoms with Crippen LogP contribution in [0.5, 0.6) is 0 Å². The monoisotopic (exact) mass is 564 g/mol. The Bertz CT molecular complexity index is 1530. The Morgan fingerprint density at radius 1 is 1.00 bits per heavy atom. The van der Waals surface area contributed by atoms with E-state index in [1.165, 1.54) is 22.6 Å². The fourth-order valence-electron chi connectivity index (χ4n) is 5.08. The molecule has 3 heterocycles. The lowest BCUT2D eigenvalue weighted by Crippen LogP contribution is -2.45. The zero-order chi connectivity index (χ0) is 28.4. The van der Waals surface area contributed by atoms with Gasteiger partial charge in [-0.25, -0.2) is 22.5 Å². The maximum atomic E-state index is 13.4. The SMILES string of the molecule is COC(=O)N1CN=C(c2ccc(-c3ccc(-c4cnn(C)c4)cc3)cc2)N(CC2CCN(S(C)(=O)=O)C2)C(=O)C1. The third-order valence-corrected chi connectivity index (χ3v) is 8.53. The molecular formula is C28H32N6O5S. The number of amidine groups is 1. The van der Waals surface area contributed by atoms with E-state index in [1.807, 2.05) is 43.7 Å². The van der Waals surface area contributed by atoms with E-state index in [9.17, 15) is 18.0 Å². The van der Waals surface area contributed by atoms with Crippen LogP contribution in [-0.4, -0.2) is 96.4 Å². The third-order valence-electron chi connectivity index (χ3n) is 7.26. The van der Waals surface area contributed by atoms with Crippen LogP contribution in [0.2, 0.25) is 0 Å². The van der Waals surface area contributed by atoms with Gasteiger partial charge in [-0.1, -0.05) is 48.5 Å². The van der Waals surface area contributed by atoms with Crippen LogP contribution in [-0.2, 0) is 26.6 Å². The number of ether oxygens (including phenoxy) is 1. The fourth-order valence-corrected chi connectivity index (χ4v) is 6.00. The standard InChI is InChI=1S/C28H32N6O5S/c1-31-17-25(14-30-31)23-6-4-21(5-7-23)22-8-10-24(11-9-22)27-29-19-32(28(36)39-2)18-26(35)34(27)16-20-12-13-33(15-20)40(3,37)38/h4-11,14,17,20H,12-13,15-16,18-19H2,1-3H3. The molecule has 1 unspecified atom stereocenters. The van der Waals surface area contributed by atoms with Gasteiger partial charge in [0.2, 0.25) is 15.9 Å². The number of sulfonamides is 1. The smallest absolute Gasteiger partial charge is 0.411 e. The quantitative estimate of drug-likeness (QED) is 0.454. The van der Waals surface area contributed by atoms with Crippen LogP contribution in [0.15, 0.2) is 65.9 Å². The van der Waals surface area contributed by atoms with Gasteiger partial charge in [0.15, 0.2) is 0 Å². The van der Waals surface area contributed by atoms with Gasteiger partial charge in [-0.15, -0.1) is 0 Å². The molecule has 40 heavy (non-hydrogen) atoms. The molecule has 11 nitrogen and oxygen atoms in total. The number of rotatable bonds is 6. The minimum absolute atomic E-state index is 0.0259. The Labute approximate surface area is 233 Å². The molecule has 1 aromatic heterocycles. The average Bonchev–Trinajstić information content (AvgIpc) is 3.57. The fraction of sp³-hybridized carbons (Fsp3) is 0.357. The van der Waals surface area contributed by atoms with E-state index in [0.29, 0.717) is 31.9 Å². The number of carbonyl (C=O) groups is 2. The Morgan fingerprint density at radius 2 is 1.60 bits per heavy atom. The molecule has 0 spiro atoms. The highest BCUT2D eigenvalue weighted by Crippen LogP contribution is 2.26. The number of benzene rings is 2. The maximum Gasteiger partial charge on any atom is 0.411 e. The molecule has 5 rings (SSSR count). The summed E-state index contributed by atoms with van der Waals surface area (Å²) in [6.45, 7) is 0.854. The minimum atomic E-state index is -3.31. The number of nitrogens with zero attached hydrogens (tertiary/aromatic N) is 6. The van der Waals surface area contributed by atoms with Gasteiger partial charge in [0, 0.05) is 44.0 Å². The van der Waals surface area contributed by atoms with Crippen molar-refractivity contribution >= 4 is 27.9 Å². The third kappa shape index (κ3) is 5.92. The predicted octanol–water partition coefficient (Wildman–Crippen LogP) is 2.65. The van der Waals surface area contributed by atoms with Crippen molar-refractivity contribution in [1.29, 1.82) is 0 Å². The van der Waals surface area contributed by atoms with E-state index in [1.54, 1.807) is 9.58 Å². The van der Waals surface area contributed by atoms with Crippen molar-refractivity contribution in [3.05, 3.63) is 66.5 Å². The number of methoxy groups -OCH3 is 1. The van der Waals surface area contributed by atoms with Crippen LogP contribution >= 0.6 is 0 Å². The van der Waals surface area contributed by atoms with Crippen molar-refractivity contribution in [2.24, 2.45) is 18.0 Å². The molecule has 2 amide bonds. The molecule has 0 bridgehead atoms. The van der Waals surface area contributed by atoms with Crippen molar-refractivity contribution in [1.82, 2.24) is 23.9 Å². The van der Waals surface area contributed by atoms with Gasteiger partial charge in [-0.3, -0.25) is 19.3 Å². The average molecular weight is 565 g/mol. The number of carbonyl (C=O) groups excluding carboxylic acids is 2. The molecule has 2 aliphatic heterocycles. The number of aromatic nitrogens is 2. The molecule has 1 saturated heterocycles. The predicted molar refractivity (Wildman–Crippen MR) is 151 cm³/mol. The Morgan fingerprint density at radius 3 is 2.12 bits per heavy atom. The molecule has 0 radical (unpaired) electrons. The van der Waals surface area contributed by atoms with Crippen LogP contribution in [0, 0.1) is 5.92 Å². The first-order valence-electron chi connectivity index (χ1n) is 12.9. The van der Waals surface area contributed by atoms with Crippen molar-refractivity contribution in [3.63, 3.8) is 0 Å². The summed E-state index contributed by atoms with van der Waals surface area (Å²) < 4.78 is 32.1. The lowest BCUT2D eigenvalue weighted by Gasteiger charge is -2.26. The summed E-state index contributed by atoms with van der Waals surface area (Å²) in [6.07, 6.45) is 5.00. The highest BCUT2D eigenvalue weighted by Gasteiger charge is 2.35. The van der Waals surface area contributed by atoms with Crippen LogP contribution < -0.4 is 0 Å². The second-order valence-electron chi connectivity index (χ2n) is 10.1. The molecule has 12 heteroatoms. The second kappa shape index (κ2) is 11.2. The topological polar surface area (TPSA) is 117 Å². The van der Waals surface area contributed by atoms with Crippen LogP contribution in [0.3, 0.4) is 0 Å². The molecule has 0 saturated carbocycles. The van der Waals surface area contributed by atoms with Crippen LogP contribution in [0.4, 0.5) is 4.79 Å². The Kier molecular flexibility index (Phi) is 7.72. The van der Waals surface area contributed by atoms with E-state index in [2.05, 4.69) is 34.4 Å². The van der Waals surface area contributed by atoms with Gasteiger partial charge in [-0.05, 0) is 29.0 Å². The summed E-state index contributed by atoms with van der Waals surface area (Å²) in [5, 5.41) is 4.23. The summed E-state index contributed by atoms with van der Waals surface area (Å²) in [5.74, 6) is 0.105. The first kappa shape index (κ1) is 27.5. The van der Waals surface area contributed by atoms with Crippen LogP contribution in [0.1, 0.15) is 12.0 Å². The van der Waals surface area contributed by atoms with E-state index in [0.717, 1.165) is 27.8 Å². The van der Waals surface area contributed by atoms with Gasteiger partial charge in [-0.2, -0.15) is 5.10 Å². The molecule has 210 valence electrons. The van der Waals surface area contributed by atoms with Gasteiger partial charge in [0.25, 0.3) is 0 Å². The summed E-state index contributed by atoms with van der Waals surface area (Å²) in [4.78, 5) is 33.1. The molecule has 0 N–H and O–H groups in total. The number of hydrogen-bond donors (Lipinski definition) is 0. The second-order valence-corrected chi connectivity index (χ2v) is 12.1. The highest BCUT2D eigenvalue weighted by molar-refractivity contribution is 7.88. The Balaban J connectivity index is 1.39. The van der Waals surface area contributed by atoms with Crippen molar-refractivity contribution < 1.29 is 22.7 Å². The van der Waals surface area contributed by atoms with Crippen LogP contribution in [0.25, 0.3) is 22.3 Å². The first-order valence-corrected chi connectivity index (χ1v) is 14.8. The van der Waals surface area contributed by atoms with E-state index < -0.39 is 16.1 Å². The number of amides is 2. The maximum absolute atomic E-state index is 13.4. The van der Waals surface area contributed by atoms with Crippen molar-refractivity contribution in [3.8, 4) is 22.3 Å². The van der Waals surface area contributed by atoms with Crippen molar-refractivity contribution in [2.75, 3.05) is 46.2 Å². The van der Waals surface area contributed by atoms with E-state index in [4.69, 9.17) is 4.74 Å². The molecule has 2 aliphatic rings. The number of hydrogen-bond acceptors (Lipinski definition) is 7. The zero-order valence-electron chi connectivity index (χ0n) is 22.7. The highest BCUT2D eigenvalue weighted by atomic mass is 32.2. The summed E-state index contributed by atoms with van der Waals surface area (Å²) >= 11 is 0.